The summed E-state index contributed by atoms with van der Waals surface area (Å²) >= 11 is 1.39. The molecule has 2 heterocycles. The van der Waals surface area contributed by atoms with Gasteiger partial charge in [0.15, 0.2) is 0 Å². The molecular weight excluding hydrogens is 358 g/mol. The van der Waals surface area contributed by atoms with Gasteiger partial charge in [-0.25, -0.2) is 13.4 Å². The van der Waals surface area contributed by atoms with Gasteiger partial charge in [-0.15, -0.1) is 0 Å². The summed E-state index contributed by atoms with van der Waals surface area (Å²) in [5.74, 6) is 1.45. The zero-order chi connectivity index (χ0) is 17.4. The normalized spacial score (nSPS) is 18.9. The molecule has 0 spiro atoms. The highest BCUT2D eigenvalue weighted by Crippen LogP contribution is 2.39. The molecule has 1 aliphatic carbocycles. The third-order valence-electron chi connectivity index (χ3n) is 4.51. The van der Waals surface area contributed by atoms with Crippen LogP contribution in [0.1, 0.15) is 30.1 Å². The van der Waals surface area contributed by atoms with Gasteiger partial charge >= 0.3 is 0 Å². The first-order valence-corrected chi connectivity index (χ1v) is 10.4. The SMILES string of the molecule is N#Cc1ccccc1S(=O)(=O)N1CCN(c2nc(C3CC3)ns2)CC1. The molecule has 1 aromatic heterocycles. The molecular formula is C16H17N5O2S2. The van der Waals surface area contributed by atoms with E-state index in [1.54, 1.807) is 12.1 Å². The average molecular weight is 375 g/mol. The van der Waals surface area contributed by atoms with E-state index in [0.717, 1.165) is 11.0 Å². The van der Waals surface area contributed by atoms with Crippen LogP contribution in [0.25, 0.3) is 0 Å². The number of piperazine rings is 1. The first kappa shape index (κ1) is 16.4. The second kappa shape index (κ2) is 6.37. The largest absolute Gasteiger partial charge is 0.344 e. The van der Waals surface area contributed by atoms with E-state index in [2.05, 4.69) is 14.3 Å². The third kappa shape index (κ3) is 3.13. The van der Waals surface area contributed by atoms with Crippen molar-refractivity contribution in [2.24, 2.45) is 0 Å². The van der Waals surface area contributed by atoms with Crippen LogP contribution in [0, 0.1) is 11.3 Å². The molecule has 25 heavy (non-hydrogen) atoms. The Labute approximate surface area is 150 Å². The Kier molecular flexibility index (Phi) is 4.19. The molecule has 7 nitrogen and oxygen atoms in total. The third-order valence-corrected chi connectivity index (χ3v) is 7.26. The number of aromatic nitrogens is 2. The molecule has 1 aliphatic heterocycles. The van der Waals surface area contributed by atoms with Gasteiger partial charge in [0.05, 0.1) is 10.5 Å². The van der Waals surface area contributed by atoms with Crippen molar-refractivity contribution in [3.8, 4) is 6.07 Å². The lowest BCUT2D eigenvalue weighted by Crippen LogP contribution is -2.48. The van der Waals surface area contributed by atoms with Crippen molar-refractivity contribution in [3.05, 3.63) is 35.7 Å². The van der Waals surface area contributed by atoms with E-state index in [1.165, 1.54) is 40.8 Å². The number of benzene rings is 1. The average Bonchev–Trinajstić information content (AvgIpc) is 3.38. The van der Waals surface area contributed by atoms with E-state index in [-0.39, 0.29) is 10.5 Å². The number of rotatable bonds is 4. The topological polar surface area (TPSA) is 90.2 Å². The summed E-state index contributed by atoms with van der Waals surface area (Å²) in [6, 6.07) is 8.30. The predicted molar refractivity (Wildman–Crippen MR) is 94.0 cm³/mol. The van der Waals surface area contributed by atoms with E-state index in [4.69, 9.17) is 5.26 Å². The number of nitriles is 1. The summed E-state index contributed by atoms with van der Waals surface area (Å²) in [4.78, 5) is 6.76. The number of hydrogen-bond acceptors (Lipinski definition) is 7. The maximum atomic E-state index is 12.8. The number of sulfonamides is 1. The molecule has 0 N–H and O–H groups in total. The molecule has 2 aliphatic rings. The van der Waals surface area contributed by atoms with Crippen LogP contribution in [-0.2, 0) is 10.0 Å². The van der Waals surface area contributed by atoms with E-state index in [0.29, 0.717) is 32.1 Å². The lowest BCUT2D eigenvalue weighted by molar-refractivity contribution is 0.384. The van der Waals surface area contributed by atoms with Crippen molar-refractivity contribution in [2.45, 2.75) is 23.7 Å². The highest BCUT2D eigenvalue weighted by molar-refractivity contribution is 7.89. The Morgan fingerprint density at radius 3 is 2.56 bits per heavy atom. The number of hydrogen-bond donors (Lipinski definition) is 0. The summed E-state index contributed by atoms with van der Waals surface area (Å²) in [5, 5.41) is 10.0. The van der Waals surface area contributed by atoms with Crippen molar-refractivity contribution in [1.29, 1.82) is 5.26 Å². The first-order chi connectivity index (χ1) is 12.1. The second-order valence-corrected chi connectivity index (χ2v) is 8.85. The van der Waals surface area contributed by atoms with Crippen LogP contribution in [0.3, 0.4) is 0 Å². The predicted octanol–water partition coefficient (Wildman–Crippen LogP) is 1.80. The van der Waals surface area contributed by atoms with Crippen LogP contribution >= 0.6 is 11.5 Å². The fourth-order valence-electron chi connectivity index (χ4n) is 2.90. The van der Waals surface area contributed by atoms with Gasteiger partial charge in [-0.3, -0.25) is 0 Å². The van der Waals surface area contributed by atoms with E-state index < -0.39 is 10.0 Å². The standard InChI is InChI=1S/C16H17N5O2S2/c17-11-13-3-1-2-4-14(13)25(22,23)21-9-7-20(8-10-21)16-18-15(19-24-16)12-5-6-12/h1-4,12H,5-10H2. The molecule has 9 heteroatoms. The van der Waals surface area contributed by atoms with Crippen molar-refractivity contribution in [2.75, 3.05) is 31.1 Å². The van der Waals surface area contributed by atoms with Crippen LogP contribution in [0.4, 0.5) is 5.13 Å². The van der Waals surface area contributed by atoms with Crippen LogP contribution in [0.2, 0.25) is 0 Å². The van der Waals surface area contributed by atoms with E-state index in [9.17, 15) is 8.42 Å². The molecule has 1 aromatic carbocycles. The van der Waals surface area contributed by atoms with Gasteiger partial charge in [-0.2, -0.15) is 13.9 Å². The van der Waals surface area contributed by atoms with Crippen LogP contribution in [-0.4, -0.2) is 48.3 Å². The Morgan fingerprint density at radius 2 is 1.88 bits per heavy atom. The van der Waals surface area contributed by atoms with Crippen LogP contribution in [0.5, 0.6) is 0 Å². The fraction of sp³-hybridized carbons (Fsp3) is 0.438. The molecule has 0 unspecified atom stereocenters. The Hall–Kier alpha value is -2.02. The van der Waals surface area contributed by atoms with Crippen molar-refractivity contribution >= 4 is 26.7 Å². The summed E-state index contributed by atoms with van der Waals surface area (Å²) in [6.45, 7) is 1.90. The summed E-state index contributed by atoms with van der Waals surface area (Å²) in [7, 11) is -3.66. The van der Waals surface area contributed by atoms with Crippen LogP contribution < -0.4 is 4.90 Å². The zero-order valence-electron chi connectivity index (χ0n) is 13.5. The Bertz CT molecular complexity index is 922. The quantitative estimate of drug-likeness (QED) is 0.809. The van der Waals surface area contributed by atoms with Gasteiger partial charge in [-0.05, 0) is 25.0 Å². The minimum absolute atomic E-state index is 0.0814. The van der Waals surface area contributed by atoms with Gasteiger partial charge in [-0.1, -0.05) is 12.1 Å². The van der Waals surface area contributed by atoms with Crippen molar-refractivity contribution in [1.82, 2.24) is 13.7 Å². The van der Waals surface area contributed by atoms with Crippen LogP contribution in [0.15, 0.2) is 29.2 Å². The van der Waals surface area contributed by atoms with Gasteiger partial charge in [0.25, 0.3) is 0 Å². The lowest BCUT2D eigenvalue weighted by Gasteiger charge is -2.33. The molecule has 4 rings (SSSR count). The summed E-state index contributed by atoms with van der Waals surface area (Å²) in [6.07, 6.45) is 2.33. The van der Waals surface area contributed by atoms with Crippen molar-refractivity contribution < 1.29 is 8.42 Å². The van der Waals surface area contributed by atoms with Gasteiger partial charge in [0.2, 0.25) is 15.2 Å². The van der Waals surface area contributed by atoms with Gasteiger partial charge < -0.3 is 4.90 Å². The lowest BCUT2D eigenvalue weighted by atomic mass is 10.2. The van der Waals surface area contributed by atoms with Gasteiger partial charge in [0, 0.05) is 43.6 Å². The van der Waals surface area contributed by atoms with E-state index in [1.807, 2.05) is 6.07 Å². The zero-order valence-corrected chi connectivity index (χ0v) is 15.1. The molecule has 0 radical (unpaired) electrons. The fourth-order valence-corrected chi connectivity index (χ4v) is 5.27. The first-order valence-electron chi connectivity index (χ1n) is 8.17. The smallest absolute Gasteiger partial charge is 0.244 e. The molecule has 0 amide bonds. The minimum Gasteiger partial charge on any atom is -0.344 e. The molecule has 130 valence electrons. The molecule has 2 aromatic rings. The Morgan fingerprint density at radius 1 is 1.16 bits per heavy atom. The highest BCUT2D eigenvalue weighted by atomic mass is 32.2. The molecule has 1 saturated heterocycles. The monoisotopic (exact) mass is 375 g/mol. The van der Waals surface area contributed by atoms with Gasteiger partial charge in [0.1, 0.15) is 11.9 Å². The molecule has 1 saturated carbocycles. The van der Waals surface area contributed by atoms with E-state index >= 15 is 0 Å². The summed E-state index contributed by atoms with van der Waals surface area (Å²) < 4.78 is 31.5. The highest BCUT2D eigenvalue weighted by Gasteiger charge is 2.32. The summed E-state index contributed by atoms with van der Waals surface area (Å²) in [5.41, 5.74) is 0.183. The minimum atomic E-state index is -3.66. The molecule has 0 atom stereocenters. The van der Waals surface area contributed by atoms with Crippen molar-refractivity contribution in [3.63, 3.8) is 0 Å². The Balaban J connectivity index is 1.48. The molecule has 0 bridgehead atoms. The maximum absolute atomic E-state index is 12.8. The molecule has 2 fully saturated rings. The maximum Gasteiger partial charge on any atom is 0.244 e. The number of anilines is 1. The second-order valence-electron chi connectivity index (χ2n) is 6.21. The number of nitrogens with zero attached hydrogens (tertiary/aromatic N) is 5.